The van der Waals surface area contributed by atoms with Crippen LogP contribution in [0.25, 0.3) is 10.1 Å². The van der Waals surface area contributed by atoms with Crippen LogP contribution in [0.4, 0.5) is 4.39 Å². The molecule has 0 fully saturated rings. The number of ether oxygens (including phenoxy) is 2. The summed E-state index contributed by atoms with van der Waals surface area (Å²) in [4.78, 5) is 24.1. The summed E-state index contributed by atoms with van der Waals surface area (Å²) >= 11 is 1.20. The minimum Gasteiger partial charge on any atom is -0.496 e. The minimum absolute atomic E-state index is 0.0389. The van der Waals surface area contributed by atoms with Crippen LogP contribution in [0.5, 0.6) is 5.75 Å². The summed E-state index contributed by atoms with van der Waals surface area (Å²) in [5.41, 5.74) is 0.412. The van der Waals surface area contributed by atoms with Gasteiger partial charge in [0.1, 0.15) is 11.6 Å². The first-order valence-electron chi connectivity index (χ1n) is 6.76. The second-order valence-electron chi connectivity index (χ2n) is 5.09. The molecule has 0 N–H and O–H groups in total. The molecule has 1 heterocycles. The number of fused-ring (bicyclic) bond motifs is 1. The number of carbonyl (C=O) groups excluding carboxylic acids is 2. The van der Waals surface area contributed by atoms with Crippen LogP contribution in [-0.2, 0) is 9.53 Å². The maximum atomic E-state index is 14.3. The molecule has 118 valence electrons. The number of halogens is 1. The normalized spacial score (nSPS) is 12.2. The van der Waals surface area contributed by atoms with Crippen molar-refractivity contribution in [3.8, 4) is 5.75 Å². The number of carbonyl (C=O) groups is 2. The van der Waals surface area contributed by atoms with Crippen LogP contribution < -0.4 is 4.74 Å². The van der Waals surface area contributed by atoms with Gasteiger partial charge in [-0.3, -0.25) is 9.59 Å². The van der Waals surface area contributed by atoms with Crippen molar-refractivity contribution in [2.75, 3.05) is 14.2 Å². The zero-order chi connectivity index (χ0) is 16.4. The summed E-state index contributed by atoms with van der Waals surface area (Å²) in [6, 6.07) is 3.26. The van der Waals surface area contributed by atoms with Gasteiger partial charge in [0.2, 0.25) is 0 Å². The maximum absolute atomic E-state index is 14.3. The van der Waals surface area contributed by atoms with Crippen molar-refractivity contribution in [3.63, 3.8) is 0 Å². The number of Topliss-reactive ketones (excluding diaryl/α,β-unsaturated/α-hetero) is 1. The SMILES string of the molecule is COC(=O)[C@@H](C)CC(=O)c1cc2c(F)c(C)c(OC)cc2s1. The molecule has 0 spiro atoms. The molecule has 0 aliphatic carbocycles. The van der Waals surface area contributed by atoms with E-state index in [1.807, 2.05) is 0 Å². The van der Waals surface area contributed by atoms with E-state index in [9.17, 15) is 14.0 Å². The number of methoxy groups -OCH3 is 2. The van der Waals surface area contributed by atoms with E-state index in [-0.39, 0.29) is 18.0 Å². The summed E-state index contributed by atoms with van der Waals surface area (Å²) in [5, 5.41) is 0.400. The molecule has 1 aromatic carbocycles. The second kappa shape index (κ2) is 6.44. The Balaban J connectivity index is 2.35. The first kappa shape index (κ1) is 16.4. The summed E-state index contributed by atoms with van der Waals surface area (Å²) in [7, 11) is 2.76. The van der Waals surface area contributed by atoms with Crippen LogP contribution in [-0.4, -0.2) is 26.0 Å². The molecule has 0 aliphatic rings. The Hall–Kier alpha value is -1.95. The van der Waals surface area contributed by atoms with E-state index >= 15 is 0 Å². The minimum atomic E-state index is -0.524. The first-order valence-corrected chi connectivity index (χ1v) is 7.58. The number of esters is 1. The van der Waals surface area contributed by atoms with Crippen molar-refractivity contribution in [3.05, 3.63) is 28.4 Å². The molecular formula is C16H17FO4S. The van der Waals surface area contributed by atoms with Gasteiger partial charge >= 0.3 is 5.97 Å². The number of benzene rings is 1. The van der Waals surface area contributed by atoms with Crippen LogP contribution in [0.15, 0.2) is 12.1 Å². The lowest BCUT2D eigenvalue weighted by molar-refractivity contribution is -0.144. The zero-order valence-corrected chi connectivity index (χ0v) is 13.7. The highest BCUT2D eigenvalue weighted by Crippen LogP contribution is 2.35. The monoisotopic (exact) mass is 324 g/mol. The van der Waals surface area contributed by atoms with E-state index in [0.717, 1.165) is 0 Å². The molecule has 0 saturated carbocycles. The number of hydrogen-bond donors (Lipinski definition) is 0. The summed E-state index contributed by atoms with van der Waals surface area (Å²) in [5.74, 6) is -1.09. The average molecular weight is 324 g/mol. The molecule has 1 atom stereocenters. The second-order valence-corrected chi connectivity index (χ2v) is 6.18. The van der Waals surface area contributed by atoms with Gasteiger partial charge in [0.25, 0.3) is 0 Å². The third kappa shape index (κ3) is 2.97. The number of ketones is 1. The smallest absolute Gasteiger partial charge is 0.308 e. The Morgan fingerprint density at radius 2 is 2.00 bits per heavy atom. The lowest BCUT2D eigenvalue weighted by Crippen LogP contribution is -2.16. The van der Waals surface area contributed by atoms with Gasteiger partial charge in [-0.25, -0.2) is 4.39 Å². The molecule has 0 amide bonds. The standard InChI is InChI=1S/C16H17FO4S/c1-8(16(19)21-4)5-11(18)14-6-10-13(22-14)7-12(20-3)9(2)15(10)17/h6-8H,5H2,1-4H3/t8-/m0/s1. The molecule has 0 radical (unpaired) electrons. The van der Waals surface area contributed by atoms with Crippen LogP contribution in [0.1, 0.15) is 28.6 Å². The largest absolute Gasteiger partial charge is 0.496 e. The van der Waals surface area contributed by atoms with E-state index < -0.39 is 11.9 Å². The molecule has 2 rings (SSSR count). The van der Waals surface area contributed by atoms with Crippen molar-refractivity contribution < 1.29 is 23.5 Å². The van der Waals surface area contributed by atoms with Crippen molar-refractivity contribution in [2.45, 2.75) is 20.3 Å². The zero-order valence-electron chi connectivity index (χ0n) is 12.9. The molecule has 0 bridgehead atoms. The van der Waals surface area contributed by atoms with Crippen molar-refractivity contribution in [1.82, 2.24) is 0 Å². The Morgan fingerprint density at radius 3 is 2.59 bits per heavy atom. The molecule has 22 heavy (non-hydrogen) atoms. The van der Waals surface area contributed by atoms with Crippen LogP contribution in [0, 0.1) is 18.7 Å². The van der Waals surface area contributed by atoms with Gasteiger partial charge in [0, 0.05) is 22.1 Å². The number of rotatable bonds is 5. The van der Waals surface area contributed by atoms with E-state index in [4.69, 9.17) is 4.74 Å². The highest BCUT2D eigenvalue weighted by molar-refractivity contribution is 7.20. The van der Waals surface area contributed by atoms with Gasteiger partial charge < -0.3 is 9.47 Å². The van der Waals surface area contributed by atoms with Crippen LogP contribution in [0.3, 0.4) is 0 Å². The Kier molecular flexibility index (Phi) is 4.81. The third-order valence-electron chi connectivity index (χ3n) is 3.55. The molecule has 6 heteroatoms. The quantitative estimate of drug-likeness (QED) is 0.621. The molecule has 0 unspecified atom stereocenters. The highest BCUT2D eigenvalue weighted by Gasteiger charge is 2.21. The van der Waals surface area contributed by atoms with Crippen molar-refractivity contribution in [1.29, 1.82) is 0 Å². The fourth-order valence-corrected chi connectivity index (χ4v) is 3.27. The fourth-order valence-electron chi connectivity index (χ4n) is 2.23. The summed E-state index contributed by atoms with van der Waals surface area (Å²) < 4.78 is 24.7. The number of hydrogen-bond acceptors (Lipinski definition) is 5. The van der Waals surface area contributed by atoms with Gasteiger partial charge in [-0.2, -0.15) is 0 Å². The van der Waals surface area contributed by atoms with Crippen LogP contribution >= 0.6 is 11.3 Å². The summed E-state index contributed by atoms with van der Waals surface area (Å²) in [6.07, 6.45) is 0.0389. The topological polar surface area (TPSA) is 52.6 Å². The van der Waals surface area contributed by atoms with Gasteiger partial charge in [-0.1, -0.05) is 6.92 Å². The summed E-state index contributed by atoms with van der Waals surface area (Å²) in [6.45, 7) is 3.26. The first-order chi connectivity index (χ1) is 10.4. The highest BCUT2D eigenvalue weighted by atomic mass is 32.1. The molecule has 0 aliphatic heterocycles. The Labute approximate surface area is 131 Å². The number of thiophene rings is 1. The van der Waals surface area contributed by atoms with E-state index in [1.165, 1.54) is 31.6 Å². The van der Waals surface area contributed by atoms with E-state index in [2.05, 4.69) is 4.74 Å². The van der Waals surface area contributed by atoms with E-state index in [0.29, 0.717) is 26.3 Å². The van der Waals surface area contributed by atoms with E-state index in [1.54, 1.807) is 19.9 Å². The molecule has 4 nitrogen and oxygen atoms in total. The lowest BCUT2D eigenvalue weighted by Gasteiger charge is -2.06. The maximum Gasteiger partial charge on any atom is 0.308 e. The van der Waals surface area contributed by atoms with Crippen molar-refractivity contribution >= 4 is 33.2 Å². The molecular weight excluding hydrogens is 307 g/mol. The third-order valence-corrected chi connectivity index (χ3v) is 4.67. The van der Waals surface area contributed by atoms with Gasteiger partial charge in [0.05, 0.1) is 25.0 Å². The molecule has 2 aromatic rings. The van der Waals surface area contributed by atoms with Gasteiger partial charge in [-0.15, -0.1) is 11.3 Å². The Bertz CT molecular complexity index is 735. The fraction of sp³-hybridized carbons (Fsp3) is 0.375. The Morgan fingerprint density at radius 1 is 1.32 bits per heavy atom. The van der Waals surface area contributed by atoms with Gasteiger partial charge in [0.15, 0.2) is 5.78 Å². The van der Waals surface area contributed by atoms with Gasteiger partial charge in [-0.05, 0) is 19.1 Å². The average Bonchev–Trinajstić information content (AvgIpc) is 2.94. The molecule has 1 aromatic heterocycles. The lowest BCUT2D eigenvalue weighted by atomic mass is 10.0. The predicted octanol–water partition coefficient (Wildman–Crippen LogP) is 3.74. The van der Waals surface area contributed by atoms with Crippen molar-refractivity contribution in [2.24, 2.45) is 5.92 Å². The van der Waals surface area contributed by atoms with Crippen LogP contribution in [0.2, 0.25) is 0 Å². The molecule has 0 saturated heterocycles. The predicted molar refractivity (Wildman–Crippen MR) is 83.2 cm³/mol.